The van der Waals surface area contributed by atoms with Crippen molar-refractivity contribution < 1.29 is 29.0 Å². The summed E-state index contributed by atoms with van der Waals surface area (Å²) in [7, 11) is 0. The van der Waals surface area contributed by atoms with Crippen LogP contribution in [-0.4, -0.2) is 55.0 Å². The van der Waals surface area contributed by atoms with Crippen molar-refractivity contribution in [3.63, 3.8) is 0 Å². The van der Waals surface area contributed by atoms with Crippen LogP contribution in [-0.2, 0) is 19.1 Å². The Bertz CT molecular complexity index is 1090. The number of carboxylic acid groups (broad SMARTS) is 1. The Morgan fingerprint density at radius 1 is 1.09 bits per heavy atom. The molecule has 186 valence electrons. The number of aliphatic carboxylic acids is 1. The average molecular weight is 481 g/mol. The van der Waals surface area contributed by atoms with Crippen molar-refractivity contribution in [2.75, 3.05) is 19.8 Å². The Labute approximate surface area is 205 Å². The minimum Gasteiger partial charge on any atom is -0.481 e. The maximum absolute atomic E-state index is 13.1. The minimum atomic E-state index is -1.23. The van der Waals surface area contributed by atoms with E-state index in [2.05, 4.69) is 22.8 Å². The zero-order chi connectivity index (χ0) is 25.4. The lowest BCUT2D eigenvalue weighted by Crippen LogP contribution is -2.58. The molecule has 1 saturated heterocycles. The lowest BCUT2D eigenvalue weighted by Gasteiger charge is -2.33. The smallest absolute Gasteiger partial charge is 0.407 e. The van der Waals surface area contributed by atoms with Gasteiger partial charge in [-0.25, -0.2) is 4.79 Å². The highest BCUT2D eigenvalue weighted by atomic mass is 16.5. The van der Waals surface area contributed by atoms with Gasteiger partial charge < -0.3 is 25.2 Å². The van der Waals surface area contributed by atoms with Gasteiger partial charge in [0.25, 0.3) is 0 Å². The number of amides is 2. The number of benzene rings is 2. The fraction of sp³-hybridized carbons (Fsp3) is 0.444. The van der Waals surface area contributed by atoms with Crippen LogP contribution in [0.15, 0.2) is 48.5 Å². The van der Waals surface area contributed by atoms with Gasteiger partial charge in [0.15, 0.2) is 0 Å². The van der Waals surface area contributed by atoms with Crippen molar-refractivity contribution in [3.05, 3.63) is 59.7 Å². The van der Waals surface area contributed by atoms with E-state index in [0.717, 1.165) is 22.3 Å². The van der Waals surface area contributed by atoms with Crippen molar-refractivity contribution in [2.45, 2.75) is 45.7 Å². The number of rotatable bonds is 6. The highest BCUT2D eigenvalue weighted by Crippen LogP contribution is 2.44. The number of hydrogen-bond acceptors (Lipinski definition) is 5. The second-order valence-corrected chi connectivity index (χ2v) is 10.6. The number of alkyl carbamates (subject to hydrolysis) is 1. The summed E-state index contributed by atoms with van der Waals surface area (Å²) in [6, 6.07) is 14.5. The number of carbonyl (C=O) groups excluding carboxylic acids is 2. The molecular weight excluding hydrogens is 448 g/mol. The Hall–Kier alpha value is -3.39. The van der Waals surface area contributed by atoms with Gasteiger partial charge in [0.05, 0.1) is 19.3 Å². The molecular formula is C27H32N2O6. The Kier molecular flexibility index (Phi) is 6.60. The van der Waals surface area contributed by atoms with Crippen LogP contribution in [0.5, 0.6) is 0 Å². The molecule has 0 bridgehead atoms. The SMILES string of the molecule is CC1(C(=O)O)COCC1NC(=O)[C@H](NC(=O)OCC1c2ccccc2-c2ccccc21)C(C)(C)C. The van der Waals surface area contributed by atoms with E-state index in [1.54, 1.807) is 6.92 Å². The van der Waals surface area contributed by atoms with E-state index in [-0.39, 0.29) is 25.7 Å². The number of nitrogens with one attached hydrogen (secondary N) is 2. The summed E-state index contributed by atoms with van der Waals surface area (Å²) in [5.41, 5.74) is 2.58. The molecule has 3 atom stereocenters. The maximum atomic E-state index is 13.1. The van der Waals surface area contributed by atoms with Crippen LogP contribution in [0.4, 0.5) is 4.79 Å². The predicted octanol–water partition coefficient (Wildman–Crippen LogP) is 3.55. The molecule has 1 heterocycles. The van der Waals surface area contributed by atoms with E-state index >= 15 is 0 Å². The largest absolute Gasteiger partial charge is 0.481 e. The summed E-state index contributed by atoms with van der Waals surface area (Å²) in [6.07, 6.45) is -0.703. The van der Waals surface area contributed by atoms with E-state index in [4.69, 9.17) is 9.47 Å². The summed E-state index contributed by atoms with van der Waals surface area (Å²) in [5.74, 6) is -1.62. The predicted molar refractivity (Wildman–Crippen MR) is 130 cm³/mol. The van der Waals surface area contributed by atoms with Crippen molar-refractivity contribution in [3.8, 4) is 11.1 Å². The van der Waals surface area contributed by atoms with Crippen LogP contribution in [0.2, 0.25) is 0 Å². The van der Waals surface area contributed by atoms with Gasteiger partial charge in [-0.3, -0.25) is 9.59 Å². The van der Waals surface area contributed by atoms with Crippen LogP contribution in [0.3, 0.4) is 0 Å². The van der Waals surface area contributed by atoms with Crippen LogP contribution in [0.25, 0.3) is 11.1 Å². The Morgan fingerprint density at radius 3 is 2.20 bits per heavy atom. The Morgan fingerprint density at radius 2 is 1.66 bits per heavy atom. The fourth-order valence-electron chi connectivity index (χ4n) is 4.77. The van der Waals surface area contributed by atoms with Crippen LogP contribution < -0.4 is 10.6 Å². The number of hydrogen-bond donors (Lipinski definition) is 3. The van der Waals surface area contributed by atoms with Crippen LogP contribution in [0.1, 0.15) is 44.7 Å². The molecule has 0 radical (unpaired) electrons. The molecule has 4 rings (SSSR count). The fourth-order valence-corrected chi connectivity index (χ4v) is 4.77. The van der Waals surface area contributed by atoms with Crippen molar-refractivity contribution in [1.82, 2.24) is 10.6 Å². The summed E-state index contributed by atoms with van der Waals surface area (Å²) in [4.78, 5) is 37.7. The van der Waals surface area contributed by atoms with Gasteiger partial charge in [0.2, 0.25) is 5.91 Å². The molecule has 8 nitrogen and oxygen atoms in total. The number of carbonyl (C=O) groups is 3. The van der Waals surface area contributed by atoms with Gasteiger partial charge in [-0.05, 0) is 34.6 Å². The zero-order valence-corrected chi connectivity index (χ0v) is 20.5. The standard InChI is InChI=1S/C27H32N2O6/c1-26(2,3)22(23(30)28-21-14-34-15-27(21,4)24(31)32)29-25(33)35-13-20-18-11-7-5-9-16(18)17-10-6-8-12-19(17)20/h5-12,20-22H,13-15H2,1-4H3,(H,28,30)(H,29,33)(H,31,32)/t21?,22-,27?/m0/s1. The second kappa shape index (κ2) is 9.34. The van der Waals surface area contributed by atoms with Gasteiger partial charge in [0.1, 0.15) is 18.1 Å². The van der Waals surface area contributed by atoms with E-state index < -0.39 is 40.9 Å². The molecule has 2 aliphatic rings. The van der Waals surface area contributed by atoms with Crippen LogP contribution >= 0.6 is 0 Å². The van der Waals surface area contributed by atoms with E-state index in [1.165, 1.54) is 0 Å². The van der Waals surface area contributed by atoms with E-state index in [0.29, 0.717) is 0 Å². The summed E-state index contributed by atoms with van der Waals surface area (Å²) in [5, 5.41) is 15.1. The topological polar surface area (TPSA) is 114 Å². The normalized spacial score (nSPS) is 22.1. The Balaban J connectivity index is 1.44. The molecule has 2 aromatic rings. The van der Waals surface area contributed by atoms with Crippen LogP contribution in [0, 0.1) is 10.8 Å². The first-order valence-electron chi connectivity index (χ1n) is 11.8. The molecule has 0 saturated carbocycles. The molecule has 0 aromatic heterocycles. The van der Waals surface area contributed by atoms with Gasteiger partial charge in [0, 0.05) is 5.92 Å². The molecule has 1 fully saturated rings. The zero-order valence-electron chi connectivity index (χ0n) is 20.5. The van der Waals surface area contributed by atoms with Crippen molar-refractivity contribution in [2.24, 2.45) is 10.8 Å². The number of carboxylic acids is 1. The summed E-state index contributed by atoms with van der Waals surface area (Å²) < 4.78 is 10.9. The van der Waals surface area contributed by atoms with Gasteiger partial charge >= 0.3 is 12.1 Å². The molecule has 2 unspecified atom stereocenters. The van der Waals surface area contributed by atoms with Crippen molar-refractivity contribution >= 4 is 18.0 Å². The van der Waals surface area contributed by atoms with Gasteiger partial charge in [-0.2, -0.15) is 0 Å². The summed E-state index contributed by atoms with van der Waals surface area (Å²) >= 11 is 0. The molecule has 2 amide bonds. The summed E-state index contributed by atoms with van der Waals surface area (Å²) in [6.45, 7) is 7.24. The average Bonchev–Trinajstić information content (AvgIpc) is 3.34. The monoisotopic (exact) mass is 480 g/mol. The lowest BCUT2D eigenvalue weighted by atomic mass is 9.83. The quantitative estimate of drug-likeness (QED) is 0.583. The molecule has 1 aliphatic heterocycles. The number of fused-ring (bicyclic) bond motifs is 3. The maximum Gasteiger partial charge on any atom is 0.407 e. The molecule has 35 heavy (non-hydrogen) atoms. The second-order valence-electron chi connectivity index (χ2n) is 10.6. The molecule has 8 heteroatoms. The molecule has 1 aliphatic carbocycles. The highest BCUT2D eigenvalue weighted by molar-refractivity contribution is 5.88. The van der Waals surface area contributed by atoms with Gasteiger partial charge in [-0.1, -0.05) is 69.3 Å². The van der Waals surface area contributed by atoms with E-state index in [9.17, 15) is 19.5 Å². The van der Waals surface area contributed by atoms with Crippen molar-refractivity contribution in [1.29, 1.82) is 0 Å². The highest BCUT2D eigenvalue weighted by Gasteiger charge is 2.48. The van der Waals surface area contributed by atoms with Gasteiger partial charge in [-0.15, -0.1) is 0 Å². The molecule has 0 spiro atoms. The first-order chi connectivity index (χ1) is 16.5. The lowest BCUT2D eigenvalue weighted by molar-refractivity contribution is -0.149. The third kappa shape index (κ3) is 4.75. The third-order valence-corrected chi connectivity index (χ3v) is 6.99. The first kappa shape index (κ1) is 24.7. The number of ether oxygens (including phenoxy) is 2. The molecule has 2 aromatic carbocycles. The minimum absolute atomic E-state index is 0.00721. The molecule has 3 N–H and O–H groups in total. The first-order valence-corrected chi connectivity index (χ1v) is 11.8. The third-order valence-electron chi connectivity index (χ3n) is 6.99. The van der Waals surface area contributed by atoms with E-state index in [1.807, 2.05) is 57.2 Å².